The summed E-state index contributed by atoms with van der Waals surface area (Å²) in [6.45, 7) is 6.40. The fraction of sp³-hybridized carbons (Fsp3) is 0.462. The summed E-state index contributed by atoms with van der Waals surface area (Å²) < 4.78 is 21.9. The van der Waals surface area contributed by atoms with Crippen LogP contribution >= 0.6 is 11.3 Å². The first-order valence-corrected chi connectivity index (χ1v) is 13.1. The highest BCUT2D eigenvalue weighted by Crippen LogP contribution is 2.40. The summed E-state index contributed by atoms with van der Waals surface area (Å²) in [7, 11) is 4.83. The molecule has 4 rings (SSSR count). The Morgan fingerprint density at radius 3 is 2.30 bits per heavy atom. The number of carbonyl (C=O) groups is 2. The number of esters is 1. The number of carbonyl (C=O) groups excluding carboxylic acids is 2. The molecule has 0 aliphatic carbocycles. The molecule has 1 aromatic carbocycles. The number of amides is 2. The van der Waals surface area contributed by atoms with Gasteiger partial charge in [-0.15, -0.1) is 11.3 Å². The third-order valence-electron chi connectivity index (χ3n) is 6.50. The Morgan fingerprint density at radius 2 is 1.70 bits per heavy atom. The van der Waals surface area contributed by atoms with Crippen LogP contribution in [0.3, 0.4) is 0 Å². The van der Waals surface area contributed by atoms with E-state index in [0.717, 1.165) is 36.6 Å². The summed E-state index contributed by atoms with van der Waals surface area (Å²) in [4.78, 5) is 30.9. The van der Waals surface area contributed by atoms with Gasteiger partial charge in [0.25, 0.3) is 0 Å². The largest absolute Gasteiger partial charge is 0.493 e. The summed E-state index contributed by atoms with van der Waals surface area (Å²) in [6.07, 6.45) is 0. The van der Waals surface area contributed by atoms with Crippen molar-refractivity contribution in [3.63, 3.8) is 0 Å². The standard InChI is InChI=1S/C26H34N4O6S/c1-5-36-25(31)21-18(27-26(32)28-22(21)20-7-6-14-37-20)16-30-12-10-29(11-13-30)15-17-8-9-19(33-2)24(35-4)23(17)34-3/h6-9,14,22H,5,10-13,15-16H2,1-4H3,(H2,27,28,32). The number of rotatable bonds is 10. The van der Waals surface area contributed by atoms with Gasteiger partial charge in [0.2, 0.25) is 5.75 Å². The average molecular weight is 531 g/mol. The van der Waals surface area contributed by atoms with Crippen LogP contribution in [0, 0.1) is 0 Å². The molecular formula is C26H34N4O6S. The minimum absolute atomic E-state index is 0.263. The van der Waals surface area contributed by atoms with Gasteiger partial charge in [-0.25, -0.2) is 9.59 Å². The Morgan fingerprint density at radius 1 is 1.00 bits per heavy atom. The van der Waals surface area contributed by atoms with Crippen molar-refractivity contribution in [1.82, 2.24) is 20.4 Å². The van der Waals surface area contributed by atoms with E-state index in [1.165, 1.54) is 11.3 Å². The lowest BCUT2D eigenvalue weighted by atomic mass is 10.0. The second kappa shape index (κ2) is 12.3. The van der Waals surface area contributed by atoms with Gasteiger partial charge in [-0.1, -0.05) is 12.1 Å². The molecule has 2 N–H and O–H groups in total. The molecule has 2 aromatic rings. The summed E-state index contributed by atoms with van der Waals surface area (Å²) >= 11 is 1.50. The first kappa shape index (κ1) is 26.8. The maximum Gasteiger partial charge on any atom is 0.338 e. The molecule has 0 bridgehead atoms. The number of ether oxygens (including phenoxy) is 4. The highest BCUT2D eigenvalue weighted by molar-refractivity contribution is 7.10. The molecule has 1 unspecified atom stereocenters. The zero-order valence-corrected chi connectivity index (χ0v) is 22.5. The van der Waals surface area contributed by atoms with Crippen LogP contribution in [0.2, 0.25) is 0 Å². The monoisotopic (exact) mass is 530 g/mol. The van der Waals surface area contributed by atoms with Crippen LogP contribution < -0.4 is 24.8 Å². The van der Waals surface area contributed by atoms with Crippen molar-refractivity contribution in [2.24, 2.45) is 0 Å². The Hall–Kier alpha value is -3.28. The molecule has 1 atom stereocenters. The maximum absolute atomic E-state index is 13.0. The van der Waals surface area contributed by atoms with Crippen LogP contribution in [0.1, 0.15) is 23.4 Å². The smallest absolute Gasteiger partial charge is 0.338 e. The van der Waals surface area contributed by atoms with E-state index in [9.17, 15) is 9.59 Å². The minimum atomic E-state index is -0.526. The zero-order chi connectivity index (χ0) is 26.4. The maximum atomic E-state index is 13.0. The van der Waals surface area contributed by atoms with Gasteiger partial charge in [0.1, 0.15) is 0 Å². The van der Waals surface area contributed by atoms with E-state index < -0.39 is 12.0 Å². The summed E-state index contributed by atoms with van der Waals surface area (Å²) in [6, 6.07) is 6.86. The van der Waals surface area contributed by atoms with Crippen molar-refractivity contribution in [2.45, 2.75) is 19.5 Å². The van der Waals surface area contributed by atoms with Crippen molar-refractivity contribution < 1.29 is 28.5 Å². The summed E-state index contributed by atoms with van der Waals surface area (Å²) in [5, 5.41) is 7.68. The van der Waals surface area contributed by atoms with Gasteiger partial charge in [0.15, 0.2) is 11.5 Å². The first-order valence-electron chi connectivity index (χ1n) is 12.2. The molecule has 200 valence electrons. The molecule has 1 fully saturated rings. The van der Waals surface area contributed by atoms with Crippen molar-refractivity contribution in [2.75, 3.05) is 60.7 Å². The van der Waals surface area contributed by atoms with Crippen LogP contribution in [0.25, 0.3) is 0 Å². The topological polar surface area (TPSA) is 102 Å². The van der Waals surface area contributed by atoms with Crippen LogP contribution in [0.4, 0.5) is 4.79 Å². The third-order valence-corrected chi connectivity index (χ3v) is 7.44. The van der Waals surface area contributed by atoms with Crippen molar-refractivity contribution in [3.8, 4) is 17.2 Å². The molecule has 37 heavy (non-hydrogen) atoms. The number of thiophene rings is 1. The Labute approximate surface area is 221 Å². The van der Waals surface area contributed by atoms with E-state index >= 15 is 0 Å². The average Bonchev–Trinajstić information content (AvgIpc) is 3.44. The van der Waals surface area contributed by atoms with Crippen LogP contribution in [-0.2, 0) is 16.1 Å². The lowest BCUT2D eigenvalue weighted by Crippen LogP contribution is -2.51. The molecule has 1 aromatic heterocycles. The number of hydrogen-bond acceptors (Lipinski definition) is 9. The zero-order valence-electron chi connectivity index (χ0n) is 21.7. The number of benzene rings is 1. The van der Waals surface area contributed by atoms with Crippen molar-refractivity contribution in [1.29, 1.82) is 0 Å². The summed E-state index contributed by atoms with van der Waals surface area (Å²) in [5.74, 6) is 1.47. The molecule has 1 saturated heterocycles. The van der Waals surface area contributed by atoms with E-state index in [-0.39, 0.29) is 12.6 Å². The van der Waals surface area contributed by atoms with E-state index in [0.29, 0.717) is 41.6 Å². The number of urea groups is 1. The first-order chi connectivity index (χ1) is 18.0. The fourth-order valence-electron chi connectivity index (χ4n) is 4.72. The number of piperazine rings is 1. The van der Waals surface area contributed by atoms with Gasteiger partial charge < -0.3 is 29.6 Å². The van der Waals surface area contributed by atoms with E-state index in [2.05, 4.69) is 20.4 Å². The van der Waals surface area contributed by atoms with Gasteiger partial charge in [0, 0.05) is 55.4 Å². The Balaban J connectivity index is 1.47. The molecule has 0 radical (unpaired) electrons. The molecule has 3 heterocycles. The molecule has 2 aliphatic rings. The molecule has 0 saturated carbocycles. The normalized spacial score (nSPS) is 18.7. The molecule has 0 spiro atoms. The lowest BCUT2D eigenvalue weighted by molar-refractivity contribution is -0.139. The summed E-state index contributed by atoms with van der Waals surface area (Å²) in [5.41, 5.74) is 2.07. The fourth-order valence-corrected chi connectivity index (χ4v) is 5.50. The van der Waals surface area contributed by atoms with Crippen molar-refractivity contribution in [3.05, 3.63) is 51.4 Å². The van der Waals surface area contributed by atoms with E-state index in [1.54, 1.807) is 28.3 Å². The molecule has 2 amide bonds. The highest BCUT2D eigenvalue weighted by Gasteiger charge is 2.35. The molecule has 2 aliphatic heterocycles. The highest BCUT2D eigenvalue weighted by atomic mass is 32.1. The molecule has 10 nitrogen and oxygen atoms in total. The number of nitrogens with zero attached hydrogens (tertiary/aromatic N) is 2. The molecule has 11 heteroatoms. The Kier molecular flexibility index (Phi) is 8.91. The number of nitrogens with one attached hydrogen (secondary N) is 2. The Bertz CT molecular complexity index is 1130. The number of methoxy groups -OCH3 is 3. The van der Waals surface area contributed by atoms with Gasteiger partial charge in [-0.3, -0.25) is 9.80 Å². The van der Waals surface area contributed by atoms with Crippen molar-refractivity contribution >= 4 is 23.3 Å². The van der Waals surface area contributed by atoms with E-state index in [1.807, 2.05) is 29.6 Å². The predicted molar refractivity (Wildman–Crippen MR) is 140 cm³/mol. The van der Waals surface area contributed by atoms with E-state index in [4.69, 9.17) is 18.9 Å². The lowest BCUT2D eigenvalue weighted by Gasteiger charge is -2.37. The quantitative estimate of drug-likeness (QED) is 0.453. The van der Waals surface area contributed by atoms with Crippen LogP contribution in [-0.4, -0.2) is 82.5 Å². The molecular weight excluding hydrogens is 496 g/mol. The predicted octanol–water partition coefficient (Wildman–Crippen LogP) is 2.76. The second-order valence-corrected chi connectivity index (χ2v) is 9.68. The number of hydrogen-bond donors (Lipinski definition) is 2. The SMILES string of the molecule is CCOC(=O)C1=C(CN2CCN(Cc3ccc(OC)c(OC)c3OC)CC2)NC(=O)NC1c1cccs1. The van der Waals surface area contributed by atoms with Crippen LogP contribution in [0.5, 0.6) is 17.2 Å². The van der Waals surface area contributed by atoms with Gasteiger partial charge >= 0.3 is 12.0 Å². The minimum Gasteiger partial charge on any atom is -0.493 e. The third kappa shape index (κ3) is 6.00. The van der Waals surface area contributed by atoms with Gasteiger partial charge in [-0.2, -0.15) is 0 Å². The van der Waals surface area contributed by atoms with Gasteiger partial charge in [-0.05, 0) is 24.4 Å². The second-order valence-electron chi connectivity index (χ2n) is 8.71. The van der Waals surface area contributed by atoms with Crippen LogP contribution in [0.15, 0.2) is 40.9 Å². The van der Waals surface area contributed by atoms with Gasteiger partial charge in [0.05, 0.1) is 39.6 Å².